The molecule has 0 radical (unpaired) electrons. The van der Waals surface area contributed by atoms with Crippen molar-refractivity contribution in [2.75, 3.05) is 6.54 Å². The van der Waals surface area contributed by atoms with E-state index in [1.165, 1.54) is 12.1 Å². The van der Waals surface area contributed by atoms with E-state index in [2.05, 4.69) is 0 Å². The van der Waals surface area contributed by atoms with E-state index >= 15 is 0 Å². The Balaban J connectivity index is 2.26. The lowest BCUT2D eigenvalue weighted by molar-refractivity contribution is -0.484. The standard InChI is InChI=1S/C14H16FNO3/c15-11-7-5-10(6-8-11)13(9-16(18)19)12-3-1-2-4-14(12)17/h5-8,12-13H,1-4,9H2/t12-,13?/m1/s1. The van der Waals surface area contributed by atoms with Gasteiger partial charge in [0.15, 0.2) is 0 Å². The lowest BCUT2D eigenvalue weighted by atomic mass is 9.76. The molecule has 1 aromatic carbocycles. The van der Waals surface area contributed by atoms with E-state index in [4.69, 9.17) is 0 Å². The van der Waals surface area contributed by atoms with Gasteiger partial charge >= 0.3 is 0 Å². The molecular formula is C14H16FNO3. The highest BCUT2D eigenvalue weighted by molar-refractivity contribution is 5.82. The number of ketones is 1. The number of hydrogen-bond acceptors (Lipinski definition) is 3. The highest BCUT2D eigenvalue weighted by atomic mass is 19.1. The third-order valence-corrected chi connectivity index (χ3v) is 3.73. The molecule has 4 nitrogen and oxygen atoms in total. The van der Waals surface area contributed by atoms with Crippen molar-refractivity contribution in [3.8, 4) is 0 Å². The fourth-order valence-corrected chi connectivity index (χ4v) is 2.77. The molecule has 0 bridgehead atoms. The molecule has 2 rings (SSSR count). The fourth-order valence-electron chi connectivity index (χ4n) is 2.77. The Bertz CT molecular complexity index is 472. The summed E-state index contributed by atoms with van der Waals surface area (Å²) in [5.74, 6) is -1.02. The van der Waals surface area contributed by atoms with Crippen molar-refractivity contribution in [2.45, 2.75) is 31.6 Å². The van der Waals surface area contributed by atoms with Gasteiger partial charge in [-0.05, 0) is 30.5 Å². The normalized spacial score (nSPS) is 21.1. The maximum atomic E-state index is 12.9. The largest absolute Gasteiger partial charge is 0.299 e. The number of rotatable bonds is 4. The summed E-state index contributed by atoms with van der Waals surface area (Å²) in [5, 5.41) is 10.8. The Hall–Kier alpha value is -1.78. The Morgan fingerprint density at radius 2 is 2.00 bits per heavy atom. The highest BCUT2D eigenvalue weighted by Crippen LogP contribution is 2.34. The number of carbonyl (C=O) groups excluding carboxylic acids is 1. The molecule has 0 heterocycles. The van der Waals surface area contributed by atoms with Gasteiger partial charge in [0.25, 0.3) is 0 Å². The van der Waals surface area contributed by atoms with E-state index in [0.29, 0.717) is 18.4 Å². The first-order valence-electron chi connectivity index (χ1n) is 6.48. The van der Waals surface area contributed by atoms with Crippen LogP contribution in [-0.4, -0.2) is 17.3 Å². The van der Waals surface area contributed by atoms with Gasteiger partial charge in [-0.15, -0.1) is 0 Å². The lowest BCUT2D eigenvalue weighted by Gasteiger charge is -2.26. The van der Waals surface area contributed by atoms with E-state index in [1.54, 1.807) is 12.1 Å². The maximum absolute atomic E-state index is 12.9. The smallest absolute Gasteiger partial charge is 0.211 e. The van der Waals surface area contributed by atoms with E-state index in [1.807, 2.05) is 0 Å². The number of nitro groups is 1. The quantitative estimate of drug-likeness (QED) is 0.621. The van der Waals surface area contributed by atoms with Crippen molar-refractivity contribution in [2.24, 2.45) is 5.92 Å². The van der Waals surface area contributed by atoms with Gasteiger partial charge in [0.05, 0.1) is 5.92 Å². The number of Topliss-reactive ketones (excluding diaryl/α,β-unsaturated/α-hetero) is 1. The predicted octanol–water partition coefficient (Wildman–Crippen LogP) is 2.95. The van der Waals surface area contributed by atoms with Crippen molar-refractivity contribution in [3.63, 3.8) is 0 Å². The van der Waals surface area contributed by atoms with Gasteiger partial charge in [-0.25, -0.2) is 4.39 Å². The van der Waals surface area contributed by atoms with Crippen LogP contribution in [0.4, 0.5) is 4.39 Å². The summed E-state index contributed by atoms with van der Waals surface area (Å²) in [6, 6.07) is 5.67. The minimum atomic E-state index is -0.441. The molecule has 1 fully saturated rings. The summed E-state index contributed by atoms with van der Waals surface area (Å²) in [6.07, 6.45) is 2.98. The van der Waals surface area contributed by atoms with Crippen LogP contribution < -0.4 is 0 Å². The third kappa shape index (κ3) is 3.36. The third-order valence-electron chi connectivity index (χ3n) is 3.73. The van der Waals surface area contributed by atoms with Crippen LogP contribution in [0.15, 0.2) is 24.3 Å². The number of nitrogens with zero attached hydrogens (tertiary/aromatic N) is 1. The monoisotopic (exact) mass is 265 g/mol. The van der Waals surface area contributed by atoms with E-state index in [-0.39, 0.29) is 24.1 Å². The predicted molar refractivity (Wildman–Crippen MR) is 68.0 cm³/mol. The van der Waals surface area contributed by atoms with Gasteiger partial charge in [-0.2, -0.15) is 0 Å². The molecule has 2 atom stereocenters. The summed E-state index contributed by atoms with van der Waals surface area (Å²) in [4.78, 5) is 22.4. The minimum absolute atomic E-state index is 0.0995. The van der Waals surface area contributed by atoms with Crippen molar-refractivity contribution in [1.29, 1.82) is 0 Å². The number of hydrogen-bond donors (Lipinski definition) is 0. The zero-order valence-corrected chi connectivity index (χ0v) is 10.5. The highest BCUT2D eigenvalue weighted by Gasteiger charge is 2.34. The first-order valence-corrected chi connectivity index (χ1v) is 6.48. The van der Waals surface area contributed by atoms with Crippen molar-refractivity contribution >= 4 is 5.78 Å². The van der Waals surface area contributed by atoms with Crippen molar-refractivity contribution in [3.05, 3.63) is 45.8 Å². The van der Waals surface area contributed by atoms with Crippen LogP contribution in [-0.2, 0) is 4.79 Å². The van der Waals surface area contributed by atoms with E-state index in [0.717, 1.165) is 12.8 Å². The Labute approximate surface area is 110 Å². The molecule has 0 saturated heterocycles. The van der Waals surface area contributed by atoms with Gasteiger partial charge in [-0.3, -0.25) is 14.9 Å². The first kappa shape index (κ1) is 13.6. The number of halogens is 1. The SMILES string of the molecule is O=C1CCCC[C@@H]1C(C[N+](=O)[O-])c1ccc(F)cc1. The van der Waals surface area contributed by atoms with E-state index in [9.17, 15) is 19.3 Å². The summed E-state index contributed by atoms with van der Waals surface area (Å²) in [5.41, 5.74) is 0.679. The molecular weight excluding hydrogens is 249 g/mol. The molecule has 0 aliphatic heterocycles. The molecule has 1 aromatic rings. The maximum Gasteiger partial charge on any atom is 0.211 e. The van der Waals surface area contributed by atoms with Crippen LogP contribution in [0.25, 0.3) is 0 Å². The topological polar surface area (TPSA) is 60.2 Å². The zero-order chi connectivity index (χ0) is 13.8. The molecule has 0 N–H and O–H groups in total. The summed E-state index contributed by atoms with van der Waals surface area (Å²) < 4.78 is 12.9. The minimum Gasteiger partial charge on any atom is -0.299 e. The summed E-state index contributed by atoms with van der Waals surface area (Å²) in [7, 11) is 0. The van der Waals surface area contributed by atoms with Crippen molar-refractivity contribution in [1.82, 2.24) is 0 Å². The fraction of sp³-hybridized carbons (Fsp3) is 0.500. The molecule has 0 amide bonds. The molecule has 102 valence electrons. The summed E-state index contributed by atoms with van der Waals surface area (Å²) in [6.45, 7) is -0.276. The zero-order valence-electron chi connectivity index (χ0n) is 10.5. The van der Waals surface area contributed by atoms with Crippen LogP contribution in [0.3, 0.4) is 0 Å². The number of benzene rings is 1. The molecule has 0 aromatic heterocycles. The number of carbonyl (C=O) groups is 1. The molecule has 19 heavy (non-hydrogen) atoms. The average Bonchev–Trinajstić information content (AvgIpc) is 2.38. The second-order valence-corrected chi connectivity index (χ2v) is 4.99. The van der Waals surface area contributed by atoms with Crippen LogP contribution in [0.1, 0.15) is 37.2 Å². The Morgan fingerprint density at radius 1 is 1.32 bits per heavy atom. The second-order valence-electron chi connectivity index (χ2n) is 4.99. The van der Waals surface area contributed by atoms with Crippen LogP contribution >= 0.6 is 0 Å². The molecule has 0 spiro atoms. The molecule has 5 heteroatoms. The van der Waals surface area contributed by atoms with Crippen molar-refractivity contribution < 1.29 is 14.1 Å². The summed E-state index contributed by atoms with van der Waals surface area (Å²) >= 11 is 0. The van der Waals surface area contributed by atoms with Gasteiger partial charge in [-0.1, -0.05) is 18.6 Å². The van der Waals surface area contributed by atoms with Gasteiger partial charge in [0, 0.05) is 17.3 Å². The van der Waals surface area contributed by atoms with Gasteiger partial charge in [0.2, 0.25) is 6.54 Å². The molecule has 1 unspecified atom stereocenters. The van der Waals surface area contributed by atoms with Crippen LogP contribution in [0, 0.1) is 21.8 Å². The van der Waals surface area contributed by atoms with Crippen LogP contribution in [0.2, 0.25) is 0 Å². The molecule has 1 saturated carbocycles. The first-order chi connectivity index (χ1) is 9.08. The molecule has 1 aliphatic rings. The van der Waals surface area contributed by atoms with Gasteiger partial charge in [0.1, 0.15) is 11.6 Å². The van der Waals surface area contributed by atoms with Crippen LogP contribution in [0.5, 0.6) is 0 Å². The second kappa shape index (κ2) is 5.91. The molecule has 1 aliphatic carbocycles. The van der Waals surface area contributed by atoms with E-state index < -0.39 is 10.8 Å². The Kier molecular flexibility index (Phi) is 4.24. The lowest BCUT2D eigenvalue weighted by Crippen LogP contribution is -2.30. The van der Waals surface area contributed by atoms with Gasteiger partial charge < -0.3 is 0 Å². The Morgan fingerprint density at radius 3 is 2.58 bits per heavy atom. The average molecular weight is 265 g/mol.